The first-order valence-corrected chi connectivity index (χ1v) is 28.0. The number of benzene rings is 1. The van der Waals surface area contributed by atoms with Crippen molar-refractivity contribution in [3.63, 3.8) is 0 Å². The van der Waals surface area contributed by atoms with Gasteiger partial charge in [-0.2, -0.15) is 11.8 Å². The van der Waals surface area contributed by atoms with Gasteiger partial charge < -0.3 is 80.9 Å². The van der Waals surface area contributed by atoms with Crippen molar-refractivity contribution in [2.24, 2.45) is 39.8 Å². The summed E-state index contributed by atoms with van der Waals surface area (Å²) in [6, 6.07) is -2.31. The number of nitrogens with zero attached hydrogens (tertiary/aromatic N) is 1. The van der Waals surface area contributed by atoms with Crippen molar-refractivity contribution in [3.05, 3.63) is 36.0 Å². The molecule has 0 unspecified atom stereocenters. The topological polar surface area (TPSA) is 431 Å². The summed E-state index contributed by atoms with van der Waals surface area (Å²) >= 11 is 1.40. The molecular weight excluding hydrogens is 1030 g/mol. The number of amides is 9. The van der Waals surface area contributed by atoms with Crippen molar-refractivity contribution >= 4 is 87.8 Å². The Morgan fingerprint density at radius 2 is 1.31 bits per heavy atom. The number of unbranched alkanes of at least 4 members (excludes halogenated alkanes) is 1. The molecule has 0 spiro atoms. The Bertz CT molecular complexity index is 2380. The molecule has 10 atom stereocenters. The molecule has 19 N–H and O–H groups in total. The quantitative estimate of drug-likeness (QED) is 0.0199. The molecule has 9 amide bonds. The summed E-state index contributed by atoms with van der Waals surface area (Å²) in [6.45, 7) is 7.37. The minimum Gasteiger partial charge on any atom is -0.480 e. The van der Waals surface area contributed by atoms with Crippen molar-refractivity contribution in [1.82, 2.24) is 52.8 Å². The van der Waals surface area contributed by atoms with E-state index in [9.17, 15) is 53.1 Å². The van der Waals surface area contributed by atoms with Crippen LogP contribution in [0, 0.1) is 11.8 Å². The van der Waals surface area contributed by atoms with Gasteiger partial charge in [-0.3, -0.25) is 48.1 Å². The zero-order chi connectivity index (χ0) is 57.9. The molecule has 2 aromatic rings. The van der Waals surface area contributed by atoms with E-state index in [2.05, 4.69) is 57.8 Å². The Morgan fingerprint density at radius 1 is 0.718 bits per heavy atom. The lowest BCUT2D eigenvalue weighted by molar-refractivity contribution is -0.142. The second-order valence-corrected chi connectivity index (χ2v) is 20.5. The van der Waals surface area contributed by atoms with Gasteiger partial charge in [0.1, 0.15) is 42.3 Å². The van der Waals surface area contributed by atoms with E-state index in [1.54, 1.807) is 40.1 Å². The van der Waals surface area contributed by atoms with Crippen molar-refractivity contribution in [1.29, 1.82) is 0 Å². The number of carboxylic acid groups (broad SMARTS) is 1. The number of primary amides is 1. The maximum atomic E-state index is 14.7. The number of aliphatic imine (C=N–C) groups is 1. The molecule has 2 heterocycles. The van der Waals surface area contributed by atoms with Gasteiger partial charge in [-0.1, -0.05) is 58.7 Å². The third kappa shape index (κ3) is 21.8. The van der Waals surface area contributed by atoms with Crippen LogP contribution in [0.4, 0.5) is 0 Å². The van der Waals surface area contributed by atoms with Crippen molar-refractivity contribution < 1.29 is 53.1 Å². The summed E-state index contributed by atoms with van der Waals surface area (Å²) in [5, 5.41) is 34.8. The highest BCUT2D eigenvalue weighted by Gasteiger charge is 2.37. The summed E-state index contributed by atoms with van der Waals surface area (Å²) in [4.78, 5) is 142. The Morgan fingerprint density at radius 3 is 1.91 bits per heavy atom. The monoisotopic (exact) mass is 1110 g/mol. The number of carboxylic acids is 1. The van der Waals surface area contributed by atoms with Crippen LogP contribution in [0.5, 0.6) is 0 Å². The Balaban J connectivity index is 1.90. The predicted octanol–water partition coefficient (Wildman–Crippen LogP) is -2.04. The van der Waals surface area contributed by atoms with Crippen LogP contribution >= 0.6 is 11.8 Å². The molecule has 26 nitrogen and oxygen atoms in total. The second-order valence-electron chi connectivity index (χ2n) is 19.6. The standard InChI is InChI=1S/C51H83N15O11S/c1-6-28(3)41(48(74)64-37(24-30-26-58-32-15-9-8-14-31(30)32)47(73)61-35(18-13-22-57-51(54)55)45(71)62-36(50(76)77)19-23-78-5)66-49(75)42(29(4)7-2)65-46(72)34(16-10-11-20-52)60-40(68)27-59-43(69)38(25-39(53)67)63-44(70)33-17-12-21-56-33/h8-9,14-15,26,28-29,33-38,41-42,56,58H,6-7,10-13,16-25,27,52H2,1-5H3,(H2,53,67)(H,59,69)(H,60,68)(H,61,73)(H,62,71)(H,63,70)(H,64,74)(H,65,72)(H,66,75)(H,76,77)(H4,54,55,57)/t28-,29-,33-,34-,35-,36-,37-,38-,41-,42-/m0/s1. The molecule has 27 heteroatoms. The van der Waals surface area contributed by atoms with Gasteiger partial charge in [0.2, 0.25) is 53.2 Å². The van der Waals surface area contributed by atoms with Crippen LogP contribution in [0.1, 0.15) is 104 Å². The second kappa shape index (κ2) is 34.0. The van der Waals surface area contributed by atoms with Crippen molar-refractivity contribution in [3.8, 4) is 0 Å². The van der Waals surface area contributed by atoms with Gasteiger partial charge in [0, 0.05) is 30.1 Å². The minimum atomic E-state index is -1.37. The number of rotatable bonds is 36. The number of thioether (sulfide) groups is 1. The number of nitrogens with one attached hydrogen (secondary N) is 10. The number of aromatic nitrogens is 1. The average molecular weight is 1110 g/mol. The molecule has 0 saturated carbocycles. The number of aliphatic carboxylic acids is 1. The number of H-pyrrole nitrogens is 1. The zero-order valence-electron chi connectivity index (χ0n) is 45.4. The summed E-state index contributed by atoms with van der Waals surface area (Å²) in [6.07, 6.45) is 6.14. The van der Waals surface area contributed by atoms with Gasteiger partial charge in [0.05, 0.1) is 19.0 Å². The Hall–Kier alpha value is -7.00. The van der Waals surface area contributed by atoms with Gasteiger partial charge in [-0.15, -0.1) is 0 Å². The van der Waals surface area contributed by atoms with Crippen LogP contribution < -0.4 is 70.8 Å². The number of hydrogen-bond acceptors (Lipinski definition) is 14. The Labute approximate surface area is 459 Å². The van der Waals surface area contributed by atoms with Gasteiger partial charge in [0.15, 0.2) is 5.96 Å². The number of carbonyl (C=O) groups is 10. The number of para-hydroxylation sites is 1. The maximum Gasteiger partial charge on any atom is 0.326 e. The van der Waals surface area contributed by atoms with Crippen LogP contribution in [-0.4, -0.2) is 162 Å². The number of nitrogens with two attached hydrogens (primary N) is 4. The van der Waals surface area contributed by atoms with E-state index in [4.69, 9.17) is 22.9 Å². The summed E-state index contributed by atoms with van der Waals surface area (Å²) in [5.74, 6) is -8.92. The first kappa shape index (κ1) is 65.3. The highest BCUT2D eigenvalue weighted by atomic mass is 32.2. The van der Waals surface area contributed by atoms with E-state index in [0.29, 0.717) is 50.0 Å². The SMILES string of the molecule is CC[C@H](C)[C@H](NC(=O)[C@H](CCCCN)NC(=O)CNC(=O)[C@H](CC(N)=O)NC(=O)[C@@H]1CCCN1)C(=O)N[C@H](C(=O)N[C@@H](Cc1c[nH]c2ccccc12)C(=O)N[C@@H](CCCN=C(N)N)C(=O)N[C@@H](CCSC)C(=O)O)[C@@H](C)CC. The zero-order valence-corrected chi connectivity index (χ0v) is 46.2. The number of aromatic amines is 1. The van der Waals surface area contributed by atoms with Crippen LogP contribution in [0.25, 0.3) is 10.9 Å². The molecule has 0 aliphatic carbocycles. The molecule has 1 aromatic carbocycles. The van der Waals surface area contributed by atoms with Crippen molar-refractivity contribution in [2.45, 2.75) is 153 Å². The smallest absolute Gasteiger partial charge is 0.326 e. The fraction of sp³-hybridized carbons (Fsp3) is 0.627. The minimum absolute atomic E-state index is 0.0162. The molecular formula is C51H83N15O11S. The summed E-state index contributed by atoms with van der Waals surface area (Å²) in [5.41, 5.74) is 23.5. The molecule has 1 aromatic heterocycles. The third-order valence-electron chi connectivity index (χ3n) is 13.6. The number of carbonyl (C=O) groups excluding carboxylic acids is 9. The average Bonchev–Trinajstić information content (AvgIpc) is 4.11. The summed E-state index contributed by atoms with van der Waals surface area (Å²) < 4.78 is 0. The van der Waals surface area contributed by atoms with E-state index in [-0.39, 0.29) is 51.2 Å². The van der Waals surface area contributed by atoms with E-state index < -0.39 is 132 Å². The highest BCUT2D eigenvalue weighted by molar-refractivity contribution is 7.98. The molecule has 1 aliphatic rings. The van der Waals surface area contributed by atoms with Crippen LogP contribution in [-0.2, 0) is 54.4 Å². The first-order valence-electron chi connectivity index (χ1n) is 26.6. The molecule has 3 rings (SSSR count). The fourth-order valence-corrected chi connectivity index (χ4v) is 9.06. The van der Waals surface area contributed by atoms with E-state index in [1.165, 1.54) is 11.8 Å². The maximum absolute atomic E-state index is 14.7. The van der Waals surface area contributed by atoms with Gasteiger partial charge in [-0.25, -0.2) is 4.79 Å². The summed E-state index contributed by atoms with van der Waals surface area (Å²) in [7, 11) is 0. The van der Waals surface area contributed by atoms with E-state index >= 15 is 0 Å². The molecule has 0 bridgehead atoms. The first-order chi connectivity index (χ1) is 37.1. The number of guanidine groups is 1. The van der Waals surface area contributed by atoms with Crippen molar-refractivity contribution in [2.75, 3.05) is 38.2 Å². The van der Waals surface area contributed by atoms with E-state index in [1.807, 2.05) is 24.3 Å². The van der Waals surface area contributed by atoms with Gasteiger partial charge in [-0.05, 0) is 99.9 Å². The molecule has 1 fully saturated rings. The molecule has 0 radical (unpaired) electrons. The number of fused-ring (bicyclic) bond motifs is 1. The lowest BCUT2D eigenvalue weighted by atomic mass is 9.94. The molecule has 1 saturated heterocycles. The lowest BCUT2D eigenvalue weighted by Crippen LogP contribution is -2.62. The largest absolute Gasteiger partial charge is 0.480 e. The number of hydrogen-bond donors (Lipinski definition) is 15. The molecule has 78 heavy (non-hydrogen) atoms. The molecule has 1 aliphatic heterocycles. The fourth-order valence-electron chi connectivity index (χ4n) is 8.59. The van der Waals surface area contributed by atoms with Crippen LogP contribution in [0.3, 0.4) is 0 Å². The third-order valence-corrected chi connectivity index (χ3v) is 14.2. The predicted molar refractivity (Wildman–Crippen MR) is 296 cm³/mol. The molecule has 434 valence electrons. The van der Waals surface area contributed by atoms with Gasteiger partial charge >= 0.3 is 5.97 Å². The highest BCUT2D eigenvalue weighted by Crippen LogP contribution is 2.21. The van der Waals surface area contributed by atoms with E-state index in [0.717, 1.165) is 17.3 Å². The normalized spacial score (nSPS) is 16.5. The Kier molecular flexibility index (Phi) is 28.5. The van der Waals surface area contributed by atoms with Crippen LogP contribution in [0.2, 0.25) is 0 Å². The van der Waals surface area contributed by atoms with Crippen LogP contribution in [0.15, 0.2) is 35.5 Å². The van der Waals surface area contributed by atoms with Gasteiger partial charge in [0.25, 0.3) is 0 Å². The lowest BCUT2D eigenvalue weighted by Gasteiger charge is -2.31.